The molecule has 0 aliphatic rings. The van der Waals surface area contributed by atoms with E-state index in [0.717, 1.165) is 6.42 Å². The van der Waals surface area contributed by atoms with E-state index in [1.807, 2.05) is 6.92 Å². The topological polar surface area (TPSA) is 78.8 Å². The van der Waals surface area contributed by atoms with Crippen molar-refractivity contribution in [1.82, 2.24) is 20.2 Å². The normalized spacial score (nSPS) is 13.2. The van der Waals surface area contributed by atoms with Gasteiger partial charge >= 0.3 is 0 Å². The summed E-state index contributed by atoms with van der Waals surface area (Å²) < 4.78 is 6.51. The Morgan fingerprint density at radius 2 is 2.42 bits per heavy atom. The van der Waals surface area contributed by atoms with Crippen molar-refractivity contribution in [3.8, 4) is 0 Å². The van der Waals surface area contributed by atoms with Gasteiger partial charge in [0.25, 0.3) is 0 Å². The molecule has 0 bridgehead atoms. The molecule has 6 nitrogen and oxygen atoms in total. The van der Waals surface area contributed by atoms with Crippen LogP contribution in [0, 0.1) is 0 Å². The van der Waals surface area contributed by atoms with Crippen LogP contribution < -0.4 is 5.73 Å². The van der Waals surface area contributed by atoms with Crippen LogP contribution in [-0.4, -0.2) is 33.9 Å². The minimum Gasteiger partial charge on any atom is -0.385 e. The highest BCUT2D eigenvalue weighted by Gasteiger charge is 2.09. The molecule has 2 N–H and O–H groups in total. The summed E-state index contributed by atoms with van der Waals surface area (Å²) in [5, 5.41) is 10.8. The zero-order valence-corrected chi connectivity index (χ0v) is 7.27. The van der Waals surface area contributed by atoms with E-state index in [4.69, 9.17) is 10.5 Å². The minimum atomic E-state index is 0.181. The molecule has 1 unspecified atom stereocenters. The van der Waals surface area contributed by atoms with Crippen LogP contribution in [-0.2, 0) is 4.74 Å². The molecular formula is C6H13N5O. The zero-order valence-electron chi connectivity index (χ0n) is 7.27. The third-order valence-corrected chi connectivity index (χ3v) is 1.68. The Morgan fingerprint density at radius 3 is 2.92 bits per heavy atom. The molecule has 1 heterocycles. The van der Waals surface area contributed by atoms with E-state index in [2.05, 4.69) is 15.5 Å². The summed E-state index contributed by atoms with van der Waals surface area (Å²) in [5.74, 6) is 0.346. The number of hydrogen-bond donors (Lipinski definition) is 1. The van der Waals surface area contributed by atoms with Crippen molar-refractivity contribution in [2.24, 2.45) is 0 Å². The fourth-order valence-corrected chi connectivity index (χ4v) is 0.925. The molecule has 1 rings (SSSR count). The largest absolute Gasteiger partial charge is 0.385 e. The number of nitrogens with two attached hydrogens (primary N) is 1. The number of rotatable bonds is 4. The van der Waals surface area contributed by atoms with Gasteiger partial charge in [-0.25, -0.2) is 4.68 Å². The molecule has 6 heteroatoms. The lowest BCUT2D eigenvalue weighted by atomic mass is 10.2. The second-order valence-electron chi connectivity index (χ2n) is 2.61. The van der Waals surface area contributed by atoms with Crippen LogP contribution in [0.1, 0.15) is 19.4 Å². The van der Waals surface area contributed by atoms with E-state index >= 15 is 0 Å². The summed E-state index contributed by atoms with van der Waals surface area (Å²) in [5.41, 5.74) is 5.50. The van der Waals surface area contributed by atoms with Crippen LogP contribution >= 0.6 is 0 Å². The van der Waals surface area contributed by atoms with E-state index in [0.29, 0.717) is 12.6 Å². The van der Waals surface area contributed by atoms with Gasteiger partial charge in [0.05, 0.1) is 6.04 Å². The average Bonchev–Trinajstić information content (AvgIpc) is 2.47. The SMILES string of the molecule is COCCC(C)n1nnnc1N. The van der Waals surface area contributed by atoms with Crippen molar-refractivity contribution >= 4 is 5.95 Å². The summed E-state index contributed by atoms with van der Waals surface area (Å²) in [7, 11) is 1.66. The highest BCUT2D eigenvalue weighted by molar-refractivity contribution is 5.10. The minimum absolute atomic E-state index is 0.181. The van der Waals surface area contributed by atoms with Crippen molar-refractivity contribution in [3.05, 3.63) is 0 Å². The van der Waals surface area contributed by atoms with Gasteiger partial charge < -0.3 is 10.5 Å². The van der Waals surface area contributed by atoms with Crippen LogP contribution in [0.2, 0.25) is 0 Å². The Bertz CT molecular complexity index is 236. The molecule has 1 aromatic heterocycles. The molecule has 68 valence electrons. The van der Waals surface area contributed by atoms with Crippen molar-refractivity contribution < 1.29 is 4.74 Å². The van der Waals surface area contributed by atoms with Crippen molar-refractivity contribution in [1.29, 1.82) is 0 Å². The molecule has 12 heavy (non-hydrogen) atoms. The van der Waals surface area contributed by atoms with Gasteiger partial charge in [-0.3, -0.25) is 0 Å². The fourth-order valence-electron chi connectivity index (χ4n) is 0.925. The average molecular weight is 171 g/mol. The lowest BCUT2D eigenvalue weighted by Gasteiger charge is -2.10. The van der Waals surface area contributed by atoms with Crippen molar-refractivity contribution in [2.45, 2.75) is 19.4 Å². The summed E-state index contributed by atoms with van der Waals surface area (Å²) in [4.78, 5) is 0. The van der Waals surface area contributed by atoms with Gasteiger partial charge in [0.15, 0.2) is 0 Å². The highest BCUT2D eigenvalue weighted by Crippen LogP contribution is 2.10. The van der Waals surface area contributed by atoms with Gasteiger partial charge in [-0.15, -0.1) is 0 Å². The number of hydrogen-bond acceptors (Lipinski definition) is 5. The molecule has 1 aromatic rings. The Labute approximate surface area is 70.7 Å². The first-order valence-corrected chi connectivity index (χ1v) is 3.78. The monoisotopic (exact) mass is 171 g/mol. The van der Waals surface area contributed by atoms with Gasteiger partial charge in [0, 0.05) is 13.7 Å². The van der Waals surface area contributed by atoms with Gasteiger partial charge in [0.2, 0.25) is 5.95 Å². The number of tetrazole rings is 1. The van der Waals surface area contributed by atoms with E-state index in [1.54, 1.807) is 11.8 Å². The molecule has 0 saturated carbocycles. The molecule has 1 atom stereocenters. The quantitative estimate of drug-likeness (QED) is 0.681. The Hall–Kier alpha value is -1.17. The second kappa shape index (κ2) is 4.01. The Kier molecular flexibility index (Phi) is 2.98. The first-order chi connectivity index (χ1) is 5.75. The molecule has 0 amide bonds. The maximum absolute atomic E-state index is 5.50. The highest BCUT2D eigenvalue weighted by atomic mass is 16.5. The fraction of sp³-hybridized carbons (Fsp3) is 0.833. The Morgan fingerprint density at radius 1 is 1.67 bits per heavy atom. The molecule has 0 saturated heterocycles. The molecule has 0 aliphatic carbocycles. The predicted molar refractivity (Wildman–Crippen MR) is 43.4 cm³/mol. The van der Waals surface area contributed by atoms with Crippen molar-refractivity contribution in [2.75, 3.05) is 19.5 Å². The summed E-state index contributed by atoms with van der Waals surface area (Å²) in [6, 6.07) is 0.181. The van der Waals surface area contributed by atoms with E-state index in [9.17, 15) is 0 Å². The number of nitrogen functional groups attached to an aromatic ring is 1. The Balaban J connectivity index is 2.52. The molecule has 0 fully saturated rings. The smallest absolute Gasteiger partial charge is 0.240 e. The van der Waals surface area contributed by atoms with Gasteiger partial charge in [-0.2, -0.15) is 0 Å². The predicted octanol–water partition coefficient (Wildman–Crippen LogP) is -0.147. The standard InChI is InChI=1S/C6H13N5O/c1-5(3-4-12-2)11-6(7)8-9-10-11/h5H,3-4H2,1-2H3,(H2,7,8,10). The van der Waals surface area contributed by atoms with Crippen LogP contribution in [0.15, 0.2) is 0 Å². The van der Waals surface area contributed by atoms with Gasteiger partial charge in [-0.05, 0) is 23.8 Å². The molecule has 0 aromatic carbocycles. The third kappa shape index (κ3) is 1.91. The maximum Gasteiger partial charge on any atom is 0.240 e. The van der Waals surface area contributed by atoms with E-state index < -0.39 is 0 Å². The number of nitrogens with zero attached hydrogens (tertiary/aromatic N) is 4. The van der Waals surface area contributed by atoms with Crippen LogP contribution in [0.4, 0.5) is 5.95 Å². The number of anilines is 1. The lowest BCUT2D eigenvalue weighted by Crippen LogP contribution is -2.12. The zero-order chi connectivity index (χ0) is 8.97. The van der Waals surface area contributed by atoms with E-state index in [-0.39, 0.29) is 6.04 Å². The van der Waals surface area contributed by atoms with Crippen LogP contribution in [0.5, 0.6) is 0 Å². The van der Waals surface area contributed by atoms with Crippen LogP contribution in [0.3, 0.4) is 0 Å². The van der Waals surface area contributed by atoms with Gasteiger partial charge in [0.1, 0.15) is 0 Å². The van der Waals surface area contributed by atoms with Gasteiger partial charge in [-0.1, -0.05) is 5.10 Å². The third-order valence-electron chi connectivity index (χ3n) is 1.68. The summed E-state index contributed by atoms with van der Waals surface area (Å²) in [6.45, 7) is 2.67. The van der Waals surface area contributed by atoms with E-state index in [1.165, 1.54) is 0 Å². The molecular weight excluding hydrogens is 158 g/mol. The summed E-state index contributed by atoms with van der Waals surface area (Å²) in [6.07, 6.45) is 0.853. The number of aromatic nitrogens is 4. The summed E-state index contributed by atoms with van der Waals surface area (Å²) >= 11 is 0. The first kappa shape index (κ1) is 8.92. The molecule has 0 spiro atoms. The van der Waals surface area contributed by atoms with Crippen LogP contribution in [0.25, 0.3) is 0 Å². The first-order valence-electron chi connectivity index (χ1n) is 3.78. The lowest BCUT2D eigenvalue weighted by molar-refractivity contribution is 0.178. The number of methoxy groups -OCH3 is 1. The number of ether oxygens (including phenoxy) is 1. The molecule has 0 radical (unpaired) electrons. The second-order valence-corrected chi connectivity index (χ2v) is 2.61. The maximum atomic E-state index is 5.50. The molecule has 0 aliphatic heterocycles. The van der Waals surface area contributed by atoms with Crippen molar-refractivity contribution in [3.63, 3.8) is 0 Å².